The van der Waals surface area contributed by atoms with Crippen molar-refractivity contribution >= 4 is 28.6 Å². The van der Waals surface area contributed by atoms with Gasteiger partial charge in [-0.2, -0.15) is 0 Å². The summed E-state index contributed by atoms with van der Waals surface area (Å²) >= 11 is 0. The third-order valence-electron chi connectivity index (χ3n) is 4.65. The molecule has 1 fully saturated rings. The largest absolute Gasteiger partial charge is 0.497 e. The van der Waals surface area contributed by atoms with Crippen molar-refractivity contribution in [2.75, 3.05) is 13.7 Å². The monoisotopic (exact) mass is 369 g/mol. The lowest BCUT2D eigenvalue weighted by atomic mass is 9.90. The van der Waals surface area contributed by atoms with Gasteiger partial charge in [0, 0.05) is 6.04 Å². The Hall–Kier alpha value is -3.09. The first-order chi connectivity index (χ1) is 12.7. The van der Waals surface area contributed by atoms with E-state index in [0.29, 0.717) is 5.56 Å². The summed E-state index contributed by atoms with van der Waals surface area (Å²) in [4.78, 5) is 38.2. The molecule has 0 radical (unpaired) electrons. The highest BCUT2D eigenvalue weighted by atomic mass is 16.5. The van der Waals surface area contributed by atoms with E-state index < -0.39 is 17.5 Å². The van der Waals surface area contributed by atoms with Gasteiger partial charge in [-0.25, -0.2) is 4.79 Å². The van der Waals surface area contributed by atoms with Gasteiger partial charge in [0.15, 0.2) is 0 Å². The van der Waals surface area contributed by atoms with E-state index in [2.05, 4.69) is 10.6 Å². The van der Waals surface area contributed by atoms with Crippen molar-refractivity contribution in [1.82, 2.24) is 15.5 Å². The number of carbonyl (C=O) groups excluding carboxylic acids is 3. The normalized spacial score (nSPS) is 19.5. The van der Waals surface area contributed by atoms with Gasteiger partial charge in [0.25, 0.3) is 5.91 Å². The maximum atomic E-state index is 12.9. The summed E-state index contributed by atoms with van der Waals surface area (Å²) in [6, 6.07) is 10.5. The van der Waals surface area contributed by atoms with Gasteiger partial charge in [-0.15, -0.1) is 0 Å². The predicted molar refractivity (Wildman–Crippen MR) is 101 cm³/mol. The van der Waals surface area contributed by atoms with Crippen LogP contribution in [0.5, 0.6) is 5.75 Å². The third-order valence-corrected chi connectivity index (χ3v) is 4.65. The molecule has 0 aromatic heterocycles. The molecule has 3 rings (SSSR count). The number of hydrogen-bond acceptors (Lipinski definition) is 4. The lowest BCUT2D eigenvalue weighted by molar-refractivity contribution is -0.135. The van der Waals surface area contributed by atoms with Gasteiger partial charge >= 0.3 is 6.03 Å². The number of nitrogens with one attached hydrogen (secondary N) is 2. The third kappa shape index (κ3) is 3.45. The van der Waals surface area contributed by atoms with Crippen LogP contribution in [0.1, 0.15) is 26.3 Å². The molecule has 0 aliphatic carbocycles. The minimum absolute atomic E-state index is 0.0675. The number of fused-ring (bicyclic) bond motifs is 1. The SMILES string of the molecule is COc1ccc2cc(C3(C)NC(=O)N(CC(=O)NC(C)C)C3=O)ccc2c1. The Labute approximate surface area is 157 Å². The van der Waals surface area contributed by atoms with E-state index in [9.17, 15) is 14.4 Å². The van der Waals surface area contributed by atoms with Crippen molar-refractivity contribution in [1.29, 1.82) is 0 Å². The molecule has 1 atom stereocenters. The summed E-state index contributed by atoms with van der Waals surface area (Å²) in [6.07, 6.45) is 0. The number of nitrogens with zero attached hydrogens (tertiary/aromatic N) is 1. The van der Waals surface area contributed by atoms with Gasteiger partial charge in [-0.05, 0) is 55.3 Å². The van der Waals surface area contributed by atoms with Crippen molar-refractivity contribution in [2.45, 2.75) is 32.4 Å². The van der Waals surface area contributed by atoms with Gasteiger partial charge in [0.1, 0.15) is 17.8 Å². The van der Waals surface area contributed by atoms with Crippen LogP contribution in [0.25, 0.3) is 10.8 Å². The first kappa shape index (κ1) is 18.7. The number of rotatable bonds is 5. The Balaban J connectivity index is 1.89. The van der Waals surface area contributed by atoms with E-state index in [4.69, 9.17) is 4.74 Å². The Bertz CT molecular complexity index is 925. The van der Waals surface area contributed by atoms with E-state index in [1.165, 1.54) is 0 Å². The molecule has 2 N–H and O–H groups in total. The van der Waals surface area contributed by atoms with E-state index >= 15 is 0 Å². The van der Waals surface area contributed by atoms with Crippen molar-refractivity contribution < 1.29 is 19.1 Å². The predicted octanol–water partition coefficient (Wildman–Crippen LogP) is 2.14. The van der Waals surface area contributed by atoms with Crippen LogP contribution < -0.4 is 15.4 Å². The highest BCUT2D eigenvalue weighted by Crippen LogP contribution is 2.31. The molecule has 142 valence electrons. The molecule has 1 aliphatic heterocycles. The molecule has 4 amide bonds. The zero-order valence-corrected chi connectivity index (χ0v) is 15.8. The van der Waals surface area contributed by atoms with Gasteiger partial charge in [-0.3, -0.25) is 14.5 Å². The van der Waals surface area contributed by atoms with Crippen LogP contribution in [0, 0.1) is 0 Å². The van der Waals surface area contributed by atoms with Crippen LogP contribution >= 0.6 is 0 Å². The molecule has 0 spiro atoms. The molecule has 2 aromatic carbocycles. The Morgan fingerprint density at radius 2 is 1.85 bits per heavy atom. The van der Waals surface area contributed by atoms with E-state index in [-0.39, 0.29) is 18.5 Å². The number of carbonyl (C=O) groups is 3. The number of methoxy groups -OCH3 is 1. The number of amides is 4. The number of ether oxygens (including phenoxy) is 1. The molecule has 2 aromatic rings. The number of imide groups is 1. The van der Waals surface area contributed by atoms with Crippen molar-refractivity contribution in [3.05, 3.63) is 42.0 Å². The highest BCUT2D eigenvalue weighted by Gasteiger charge is 2.49. The molecule has 1 saturated heterocycles. The number of urea groups is 1. The minimum atomic E-state index is -1.22. The fourth-order valence-corrected chi connectivity index (χ4v) is 3.21. The Kier molecular flexibility index (Phi) is 4.78. The molecular formula is C20H23N3O4. The van der Waals surface area contributed by atoms with Crippen LogP contribution in [0.4, 0.5) is 4.79 Å². The van der Waals surface area contributed by atoms with Crippen molar-refractivity contribution in [2.24, 2.45) is 0 Å². The standard InChI is InChI=1S/C20H23N3O4/c1-12(2)21-17(24)11-23-18(25)20(3,22-19(23)26)15-7-5-14-10-16(27-4)8-6-13(14)9-15/h5-10,12H,11H2,1-4H3,(H,21,24)(H,22,26). The first-order valence-electron chi connectivity index (χ1n) is 8.76. The fraction of sp³-hybridized carbons (Fsp3) is 0.350. The van der Waals surface area contributed by atoms with Crippen LogP contribution in [0.2, 0.25) is 0 Å². The zero-order valence-electron chi connectivity index (χ0n) is 15.8. The summed E-state index contributed by atoms with van der Waals surface area (Å²) in [7, 11) is 1.60. The summed E-state index contributed by atoms with van der Waals surface area (Å²) < 4.78 is 5.23. The van der Waals surface area contributed by atoms with Crippen LogP contribution in [0.3, 0.4) is 0 Å². The first-order valence-corrected chi connectivity index (χ1v) is 8.76. The van der Waals surface area contributed by atoms with Crippen LogP contribution in [0.15, 0.2) is 36.4 Å². The number of benzene rings is 2. The average Bonchev–Trinajstić information content (AvgIpc) is 2.84. The van der Waals surface area contributed by atoms with Crippen LogP contribution in [-0.2, 0) is 15.1 Å². The lowest BCUT2D eigenvalue weighted by Crippen LogP contribution is -2.44. The minimum Gasteiger partial charge on any atom is -0.497 e. The quantitative estimate of drug-likeness (QED) is 0.791. The second-order valence-corrected chi connectivity index (χ2v) is 7.10. The molecule has 7 heteroatoms. The van der Waals surface area contributed by atoms with Crippen molar-refractivity contribution in [3.8, 4) is 5.75 Å². The zero-order chi connectivity index (χ0) is 19.8. The fourth-order valence-electron chi connectivity index (χ4n) is 3.21. The molecule has 1 aliphatic rings. The van der Waals surface area contributed by atoms with Crippen molar-refractivity contribution in [3.63, 3.8) is 0 Å². The van der Waals surface area contributed by atoms with Gasteiger partial charge in [-0.1, -0.05) is 18.2 Å². The highest BCUT2D eigenvalue weighted by molar-refractivity contribution is 6.09. The second-order valence-electron chi connectivity index (χ2n) is 7.10. The molecule has 0 bridgehead atoms. The molecule has 27 heavy (non-hydrogen) atoms. The van der Waals surface area contributed by atoms with Gasteiger partial charge < -0.3 is 15.4 Å². The Morgan fingerprint density at radius 1 is 1.19 bits per heavy atom. The molecular weight excluding hydrogens is 346 g/mol. The topological polar surface area (TPSA) is 87.7 Å². The second kappa shape index (κ2) is 6.90. The summed E-state index contributed by atoms with van der Waals surface area (Å²) in [6.45, 7) is 4.98. The van der Waals surface area contributed by atoms with E-state index in [1.807, 2.05) is 44.2 Å². The summed E-state index contributed by atoms with van der Waals surface area (Å²) in [5.41, 5.74) is -0.561. The van der Waals surface area contributed by atoms with Crippen LogP contribution in [-0.4, -0.2) is 42.4 Å². The van der Waals surface area contributed by atoms with Gasteiger partial charge in [0.2, 0.25) is 5.91 Å². The summed E-state index contributed by atoms with van der Waals surface area (Å²) in [5.74, 6) is -0.0725. The maximum absolute atomic E-state index is 12.9. The van der Waals surface area contributed by atoms with E-state index in [0.717, 1.165) is 21.4 Å². The average molecular weight is 369 g/mol. The molecule has 7 nitrogen and oxygen atoms in total. The maximum Gasteiger partial charge on any atom is 0.325 e. The smallest absolute Gasteiger partial charge is 0.325 e. The molecule has 1 heterocycles. The lowest BCUT2D eigenvalue weighted by Gasteiger charge is -2.23. The Morgan fingerprint density at radius 3 is 2.52 bits per heavy atom. The molecule has 0 saturated carbocycles. The number of hydrogen-bond donors (Lipinski definition) is 2. The molecule has 1 unspecified atom stereocenters. The van der Waals surface area contributed by atoms with E-state index in [1.54, 1.807) is 20.1 Å². The van der Waals surface area contributed by atoms with Gasteiger partial charge in [0.05, 0.1) is 7.11 Å². The summed E-state index contributed by atoms with van der Waals surface area (Å²) in [5, 5.41) is 7.30.